The van der Waals surface area contributed by atoms with E-state index in [1.54, 1.807) is 23.7 Å². The van der Waals surface area contributed by atoms with Crippen LogP contribution in [0.1, 0.15) is 18.6 Å². The Bertz CT molecular complexity index is 2120. The maximum Gasteiger partial charge on any atom is 0.266 e. The molecule has 0 saturated carbocycles. The molecule has 14 nitrogen and oxygen atoms in total. The minimum Gasteiger partial charge on any atom is -0.346 e. The van der Waals surface area contributed by atoms with Gasteiger partial charge in [-0.05, 0) is 31.2 Å². The van der Waals surface area contributed by atoms with E-state index in [-0.39, 0.29) is 86.5 Å². The van der Waals surface area contributed by atoms with Crippen LogP contribution < -0.4 is 9.44 Å². The summed E-state index contributed by atoms with van der Waals surface area (Å²) in [4.78, 5) is 34.9. The highest BCUT2D eigenvalue weighted by molar-refractivity contribution is 7.99. The molecule has 52 heavy (non-hydrogen) atoms. The summed E-state index contributed by atoms with van der Waals surface area (Å²) in [6.07, 6.45) is -0.00359. The summed E-state index contributed by atoms with van der Waals surface area (Å²) in [5.41, 5.74) is 0. The number of carbonyl (C=O) groups excluding carboxylic acids is 2. The zero-order valence-electron chi connectivity index (χ0n) is 26.7. The van der Waals surface area contributed by atoms with Gasteiger partial charge in [-0.15, -0.1) is 0 Å². The highest BCUT2D eigenvalue weighted by atomic mass is 35.5. The van der Waals surface area contributed by atoms with Gasteiger partial charge in [0, 0.05) is 71.3 Å². The van der Waals surface area contributed by atoms with Gasteiger partial charge in [0.1, 0.15) is 9.79 Å². The fourth-order valence-electron chi connectivity index (χ4n) is 4.14. The Kier molecular flexibility index (Phi) is 15.3. The molecule has 2 N–H and O–H groups in total. The molecule has 1 aliphatic rings. The number of benzene rings is 2. The average molecular weight is 932 g/mol. The number of halogens is 6. The predicted molar refractivity (Wildman–Crippen MR) is 209 cm³/mol. The van der Waals surface area contributed by atoms with Gasteiger partial charge in [-0.1, -0.05) is 69.6 Å². The van der Waals surface area contributed by atoms with E-state index < -0.39 is 20.0 Å². The molecule has 5 rings (SSSR count). The summed E-state index contributed by atoms with van der Waals surface area (Å²) in [6.45, 7) is 3.78. The second kappa shape index (κ2) is 18.6. The normalized spacial score (nSPS) is 13.3. The Hall–Kier alpha value is -1.91. The monoisotopic (exact) mass is 928 g/mol. The van der Waals surface area contributed by atoms with Crippen molar-refractivity contribution in [2.24, 2.45) is 0 Å². The molecule has 1 saturated heterocycles. The SMILES string of the molecule is CCN(C)C(=O)Cc1nsc(NS(=O)(=O)c2c(Cl)cc(Cl)cc2Cl)n1.O=C(Cc1nsc(NS(=O)(=O)c2c(Cl)cc(Cl)cc2Cl)n1)N1CCSCC1. The topological polar surface area (TPSA) is 185 Å². The number of nitrogens with one attached hydrogen (secondary N) is 2. The van der Waals surface area contributed by atoms with Gasteiger partial charge in [0.25, 0.3) is 20.0 Å². The minimum absolute atomic E-state index is 0.00374. The maximum atomic E-state index is 12.6. The van der Waals surface area contributed by atoms with Crippen LogP contribution in [0.3, 0.4) is 0 Å². The fourth-order valence-corrected chi connectivity index (χ4v) is 11.8. The van der Waals surface area contributed by atoms with Crippen molar-refractivity contribution in [1.29, 1.82) is 0 Å². The molecule has 0 bridgehead atoms. The minimum atomic E-state index is -4.09. The lowest BCUT2D eigenvalue weighted by molar-refractivity contribution is -0.130. The molecule has 0 spiro atoms. The van der Waals surface area contributed by atoms with Crippen molar-refractivity contribution in [1.82, 2.24) is 28.5 Å². The predicted octanol–water partition coefficient (Wildman–Crippen LogP) is 6.74. The van der Waals surface area contributed by atoms with Crippen molar-refractivity contribution in [3.05, 3.63) is 66.1 Å². The Morgan fingerprint density at radius 2 is 1.15 bits per heavy atom. The molecule has 0 unspecified atom stereocenters. The molecular formula is C27H26Cl6N8O6S5. The van der Waals surface area contributed by atoms with Crippen LogP contribution >= 0.6 is 104 Å². The quantitative estimate of drug-likeness (QED) is 0.163. The summed E-state index contributed by atoms with van der Waals surface area (Å²) in [5.74, 6) is 2.05. The Labute approximate surface area is 341 Å². The molecule has 2 aromatic heterocycles. The third-order valence-electron chi connectivity index (χ3n) is 6.73. The van der Waals surface area contributed by atoms with E-state index in [4.69, 9.17) is 69.6 Å². The van der Waals surface area contributed by atoms with Gasteiger partial charge in [-0.3, -0.25) is 19.0 Å². The zero-order valence-corrected chi connectivity index (χ0v) is 35.3. The molecular weight excluding hydrogens is 905 g/mol. The van der Waals surface area contributed by atoms with Crippen LogP contribution in [0.5, 0.6) is 0 Å². The highest BCUT2D eigenvalue weighted by Crippen LogP contribution is 2.35. The van der Waals surface area contributed by atoms with Crippen LogP contribution in [0, 0.1) is 0 Å². The lowest BCUT2D eigenvalue weighted by atomic mass is 10.3. The lowest BCUT2D eigenvalue weighted by Gasteiger charge is -2.25. The number of rotatable bonds is 11. The van der Waals surface area contributed by atoms with Gasteiger partial charge < -0.3 is 9.80 Å². The number of amides is 2. The standard InChI is InChI=1S/C14H13Cl3N4O3S3.C13H13Cl3N4O3S2/c15-8-5-9(16)13(10(17)6-8)27(23,24)20-14-18-11(19-26-14)7-12(22)21-1-3-25-4-2-21;1-3-20(2)11(21)6-10-17-13(24-18-10)19-25(22,23)12-8(15)4-7(14)5-9(12)16/h5-6H,1-4,7H2,(H,18,19,20);4-5H,3,6H2,1-2H3,(H,17,18,19). The number of hydrogen-bond acceptors (Lipinski definition) is 13. The van der Waals surface area contributed by atoms with Gasteiger partial charge in [-0.2, -0.15) is 20.5 Å². The second-order valence-corrected chi connectivity index (χ2v) is 18.9. The first kappa shape index (κ1) is 42.8. The first-order chi connectivity index (χ1) is 24.4. The summed E-state index contributed by atoms with van der Waals surface area (Å²) < 4.78 is 62.7. The average Bonchev–Trinajstić information content (AvgIpc) is 3.67. The highest BCUT2D eigenvalue weighted by Gasteiger charge is 2.26. The van der Waals surface area contributed by atoms with Crippen LogP contribution in [-0.2, 0) is 42.5 Å². The van der Waals surface area contributed by atoms with E-state index in [9.17, 15) is 26.4 Å². The van der Waals surface area contributed by atoms with E-state index in [1.807, 2.05) is 6.92 Å². The number of aromatic nitrogens is 4. The summed E-state index contributed by atoms with van der Waals surface area (Å²) in [6, 6.07) is 5.11. The van der Waals surface area contributed by atoms with E-state index in [0.717, 1.165) is 34.6 Å². The van der Waals surface area contributed by atoms with E-state index >= 15 is 0 Å². The van der Waals surface area contributed by atoms with Crippen LogP contribution in [0.15, 0.2) is 34.1 Å². The molecule has 0 atom stereocenters. The van der Waals surface area contributed by atoms with Crippen LogP contribution in [0.2, 0.25) is 30.1 Å². The summed E-state index contributed by atoms with van der Waals surface area (Å²) >= 11 is 38.9. The molecule has 4 aromatic rings. The number of nitrogens with zero attached hydrogens (tertiary/aromatic N) is 6. The molecule has 1 fully saturated rings. The van der Waals surface area contributed by atoms with Crippen molar-refractivity contribution >= 4 is 147 Å². The van der Waals surface area contributed by atoms with Gasteiger partial charge in [-0.25, -0.2) is 26.8 Å². The van der Waals surface area contributed by atoms with Crippen LogP contribution in [0.4, 0.5) is 10.3 Å². The summed E-state index contributed by atoms with van der Waals surface area (Å²) in [5, 5.41) is 0.00958. The Morgan fingerprint density at radius 3 is 1.56 bits per heavy atom. The van der Waals surface area contributed by atoms with Gasteiger partial charge in [0.05, 0.1) is 32.9 Å². The third-order valence-corrected chi connectivity index (χ3v) is 14.2. The first-order valence-electron chi connectivity index (χ1n) is 14.5. The summed E-state index contributed by atoms with van der Waals surface area (Å²) in [7, 11) is -6.52. The van der Waals surface area contributed by atoms with Gasteiger partial charge in [0.2, 0.25) is 22.1 Å². The Morgan fingerprint density at radius 1 is 0.750 bits per heavy atom. The number of carbonyl (C=O) groups is 2. The van der Waals surface area contributed by atoms with Crippen molar-refractivity contribution in [3.63, 3.8) is 0 Å². The van der Waals surface area contributed by atoms with Crippen molar-refractivity contribution in [2.45, 2.75) is 29.6 Å². The second-order valence-electron chi connectivity index (χ2n) is 10.4. The number of anilines is 2. The van der Waals surface area contributed by atoms with Crippen LogP contribution in [-0.4, -0.2) is 95.4 Å². The molecule has 282 valence electrons. The third kappa shape index (κ3) is 11.5. The largest absolute Gasteiger partial charge is 0.346 e. The van der Waals surface area contributed by atoms with E-state index in [2.05, 4.69) is 28.2 Å². The number of likely N-dealkylation sites (N-methyl/N-ethyl adjacent to an activating group) is 1. The molecule has 1 aliphatic heterocycles. The molecule has 0 radical (unpaired) electrons. The van der Waals surface area contributed by atoms with E-state index in [0.29, 0.717) is 19.6 Å². The molecule has 25 heteroatoms. The maximum absolute atomic E-state index is 12.6. The zero-order chi connectivity index (χ0) is 38.4. The smallest absolute Gasteiger partial charge is 0.266 e. The van der Waals surface area contributed by atoms with Crippen molar-refractivity contribution in [3.8, 4) is 0 Å². The number of hydrogen-bond donors (Lipinski definition) is 2. The molecule has 2 amide bonds. The van der Waals surface area contributed by atoms with Gasteiger partial charge in [0.15, 0.2) is 11.6 Å². The molecule has 3 heterocycles. The molecule has 2 aromatic carbocycles. The Balaban J connectivity index is 0.000000234. The van der Waals surface area contributed by atoms with Crippen LogP contribution in [0.25, 0.3) is 0 Å². The van der Waals surface area contributed by atoms with Gasteiger partial charge >= 0.3 is 0 Å². The molecule has 0 aliphatic carbocycles. The first-order valence-corrected chi connectivity index (χ1v) is 22.4. The number of sulfonamides is 2. The van der Waals surface area contributed by atoms with Crippen molar-refractivity contribution < 1.29 is 26.4 Å². The van der Waals surface area contributed by atoms with Crippen molar-refractivity contribution in [2.75, 3.05) is 47.6 Å². The lowest BCUT2D eigenvalue weighted by Crippen LogP contribution is -2.38. The number of thioether (sulfide) groups is 1. The fraction of sp³-hybridized carbons (Fsp3) is 0.333. The van der Waals surface area contributed by atoms with E-state index in [1.165, 1.54) is 29.2 Å².